The van der Waals surface area contributed by atoms with Gasteiger partial charge >= 0.3 is 5.97 Å². The third-order valence-corrected chi connectivity index (χ3v) is 5.43. The number of amides is 2. The first kappa shape index (κ1) is 21.4. The molecule has 2 aromatic carbocycles. The first-order chi connectivity index (χ1) is 14.4. The van der Waals surface area contributed by atoms with Crippen LogP contribution in [0.25, 0.3) is 0 Å². The second-order valence-corrected chi connectivity index (χ2v) is 7.90. The van der Waals surface area contributed by atoms with Gasteiger partial charge in [-0.3, -0.25) is 9.59 Å². The maximum atomic E-state index is 12.4. The Morgan fingerprint density at radius 1 is 1.17 bits per heavy atom. The molecule has 30 heavy (non-hydrogen) atoms. The lowest BCUT2D eigenvalue weighted by atomic mass is 10.1. The van der Waals surface area contributed by atoms with Crippen LogP contribution in [0.1, 0.15) is 16.8 Å². The fraction of sp³-hybridized carbons (Fsp3) is 0.238. The number of ether oxygens (including phenoxy) is 1. The number of hydrogen-bond donors (Lipinski definition) is 2. The predicted octanol–water partition coefficient (Wildman–Crippen LogP) is 2.79. The average molecular weight is 426 g/mol. The molecule has 2 amide bonds. The molecule has 2 aromatic rings. The van der Waals surface area contributed by atoms with E-state index in [1.165, 1.54) is 18.9 Å². The van der Waals surface area contributed by atoms with Crippen molar-refractivity contribution in [2.75, 3.05) is 31.4 Å². The van der Waals surface area contributed by atoms with Gasteiger partial charge in [0.05, 0.1) is 24.0 Å². The number of amidine groups is 1. The van der Waals surface area contributed by atoms with E-state index >= 15 is 0 Å². The maximum Gasteiger partial charge on any atom is 0.339 e. The van der Waals surface area contributed by atoms with E-state index in [9.17, 15) is 14.4 Å². The van der Waals surface area contributed by atoms with Crippen LogP contribution in [0.4, 0.5) is 17.1 Å². The first-order valence-corrected chi connectivity index (χ1v) is 10.1. The van der Waals surface area contributed by atoms with Crippen molar-refractivity contribution >= 4 is 51.8 Å². The Hall–Kier alpha value is -3.33. The zero-order valence-corrected chi connectivity index (χ0v) is 17.7. The predicted molar refractivity (Wildman–Crippen MR) is 118 cm³/mol. The Kier molecular flexibility index (Phi) is 6.73. The fourth-order valence-electron chi connectivity index (χ4n) is 2.78. The number of para-hydroxylation sites is 1. The zero-order chi connectivity index (χ0) is 21.7. The number of carbonyl (C=O) groups is 3. The number of carbonyl (C=O) groups excluding carboxylic acids is 3. The molecule has 1 heterocycles. The van der Waals surface area contributed by atoms with Crippen molar-refractivity contribution in [3.05, 3.63) is 54.1 Å². The van der Waals surface area contributed by atoms with E-state index in [1.807, 2.05) is 43.3 Å². The van der Waals surface area contributed by atoms with Gasteiger partial charge in [-0.2, -0.15) is 0 Å². The van der Waals surface area contributed by atoms with Crippen LogP contribution < -0.4 is 15.5 Å². The van der Waals surface area contributed by atoms with Crippen molar-refractivity contribution in [3.8, 4) is 0 Å². The van der Waals surface area contributed by atoms with Crippen LogP contribution in [0.3, 0.4) is 0 Å². The average Bonchev–Trinajstić information content (AvgIpc) is 3.06. The van der Waals surface area contributed by atoms with Gasteiger partial charge in [-0.1, -0.05) is 23.9 Å². The van der Waals surface area contributed by atoms with Crippen molar-refractivity contribution in [3.63, 3.8) is 0 Å². The lowest BCUT2D eigenvalue weighted by Gasteiger charge is -2.11. The number of benzene rings is 2. The number of nitrogens with zero attached hydrogens (tertiary/aromatic N) is 2. The van der Waals surface area contributed by atoms with Gasteiger partial charge in [0.1, 0.15) is 5.25 Å². The summed E-state index contributed by atoms with van der Waals surface area (Å²) in [6.45, 7) is 0. The molecule has 9 heteroatoms. The minimum Gasteiger partial charge on any atom is -0.465 e. The smallest absolute Gasteiger partial charge is 0.339 e. The van der Waals surface area contributed by atoms with E-state index in [0.29, 0.717) is 16.5 Å². The molecule has 156 valence electrons. The molecule has 1 saturated heterocycles. The number of thioether (sulfide) groups is 1. The summed E-state index contributed by atoms with van der Waals surface area (Å²) in [5.74, 6) is -1.20. The van der Waals surface area contributed by atoms with Gasteiger partial charge in [0.15, 0.2) is 5.17 Å². The molecular formula is C21H22N4O4S. The standard InChI is InChI=1S/C21H22N4O4S/c1-25(2)14-10-8-13(9-11-14)22-21-24-19(27)17(30-21)12-18(26)23-16-7-5-4-6-15(16)20(28)29-3/h4-11,17H,12H2,1-3H3,(H,23,26)(H,22,24,27). The van der Waals surface area contributed by atoms with Crippen LogP contribution >= 0.6 is 11.8 Å². The van der Waals surface area contributed by atoms with Crippen LogP contribution in [-0.2, 0) is 14.3 Å². The quantitative estimate of drug-likeness (QED) is 0.689. The highest BCUT2D eigenvalue weighted by Crippen LogP contribution is 2.27. The molecule has 0 aromatic heterocycles. The normalized spacial score (nSPS) is 16.8. The van der Waals surface area contributed by atoms with Crippen LogP contribution in [-0.4, -0.2) is 49.4 Å². The number of hydrogen-bond acceptors (Lipinski definition) is 7. The second kappa shape index (κ2) is 9.45. The number of methoxy groups -OCH3 is 1. The van der Waals surface area contributed by atoms with Crippen molar-refractivity contribution in [1.82, 2.24) is 5.32 Å². The van der Waals surface area contributed by atoms with Gasteiger partial charge in [0.25, 0.3) is 0 Å². The number of esters is 1. The van der Waals surface area contributed by atoms with Crippen molar-refractivity contribution in [2.24, 2.45) is 4.99 Å². The number of rotatable bonds is 6. The van der Waals surface area contributed by atoms with E-state index in [4.69, 9.17) is 4.74 Å². The van der Waals surface area contributed by atoms with Gasteiger partial charge < -0.3 is 20.3 Å². The molecule has 1 unspecified atom stereocenters. The summed E-state index contributed by atoms with van der Waals surface area (Å²) < 4.78 is 4.72. The molecule has 0 saturated carbocycles. The van der Waals surface area contributed by atoms with Gasteiger partial charge in [-0.25, -0.2) is 9.79 Å². The fourth-order valence-corrected chi connectivity index (χ4v) is 3.77. The topological polar surface area (TPSA) is 100 Å². The van der Waals surface area contributed by atoms with Gasteiger partial charge in [-0.15, -0.1) is 0 Å². The van der Waals surface area contributed by atoms with Crippen molar-refractivity contribution in [2.45, 2.75) is 11.7 Å². The summed E-state index contributed by atoms with van der Waals surface area (Å²) in [5, 5.41) is 5.23. The largest absolute Gasteiger partial charge is 0.465 e. The Morgan fingerprint density at radius 3 is 2.53 bits per heavy atom. The number of nitrogens with one attached hydrogen (secondary N) is 2. The van der Waals surface area contributed by atoms with E-state index in [2.05, 4.69) is 15.6 Å². The molecule has 1 aliphatic rings. The second-order valence-electron chi connectivity index (χ2n) is 6.71. The van der Waals surface area contributed by atoms with Crippen LogP contribution in [0, 0.1) is 0 Å². The summed E-state index contributed by atoms with van der Waals surface area (Å²) in [4.78, 5) is 42.9. The van der Waals surface area contributed by atoms with E-state index in [1.54, 1.807) is 24.3 Å². The first-order valence-electron chi connectivity index (χ1n) is 9.18. The minimum absolute atomic E-state index is 0.0510. The van der Waals surface area contributed by atoms with Crippen molar-refractivity contribution in [1.29, 1.82) is 0 Å². The molecule has 8 nitrogen and oxygen atoms in total. The Labute approximate surface area is 178 Å². The minimum atomic E-state index is -0.602. The molecule has 0 bridgehead atoms. The highest BCUT2D eigenvalue weighted by Gasteiger charge is 2.32. The summed E-state index contributed by atoms with van der Waals surface area (Å²) in [6.07, 6.45) is -0.0510. The third kappa shape index (κ3) is 5.18. The number of aliphatic imine (C=N–C) groups is 1. The maximum absolute atomic E-state index is 12.4. The highest BCUT2D eigenvalue weighted by molar-refractivity contribution is 8.15. The van der Waals surface area contributed by atoms with Gasteiger partial charge in [-0.05, 0) is 36.4 Å². The van der Waals surface area contributed by atoms with Crippen LogP contribution in [0.15, 0.2) is 53.5 Å². The monoisotopic (exact) mass is 426 g/mol. The molecule has 0 radical (unpaired) electrons. The Balaban J connectivity index is 1.63. The molecule has 1 fully saturated rings. The molecule has 0 aliphatic carbocycles. The third-order valence-electron chi connectivity index (χ3n) is 4.35. The summed E-state index contributed by atoms with van der Waals surface area (Å²) in [5.41, 5.74) is 2.34. The SMILES string of the molecule is COC(=O)c1ccccc1NC(=O)CC1SC(=Nc2ccc(N(C)C)cc2)NC1=O. The molecule has 1 aliphatic heterocycles. The lowest BCUT2D eigenvalue weighted by molar-refractivity contribution is -0.122. The highest BCUT2D eigenvalue weighted by atomic mass is 32.2. The number of anilines is 2. The molecule has 1 atom stereocenters. The lowest BCUT2D eigenvalue weighted by Crippen LogP contribution is -2.28. The van der Waals surface area contributed by atoms with E-state index in [0.717, 1.165) is 5.69 Å². The van der Waals surface area contributed by atoms with Crippen molar-refractivity contribution < 1.29 is 19.1 Å². The van der Waals surface area contributed by atoms with Gasteiger partial charge in [0, 0.05) is 26.2 Å². The summed E-state index contributed by atoms with van der Waals surface area (Å²) in [7, 11) is 5.18. The van der Waals surface area contributed by atoms with E-state index in [-0.39, 0.29) is 23.8 Å². The van der Waals surface area contributed by atoms with Crippen LogP contribution in [0.2, 0.25) is 0 Å². The zero-order valence-electron chi connectivity index (χ0n) is 16.8. The Bertz CT molecular complexity index is 989. The summed E-state index contributed by atoms with van der Waals surface area (Å²) in [6, 6.07) is 14.1. The molecule has 0 spiro atoms. The summed E-state index contributed by atoms with van der Waals surface area (Å²) >= 11 is 1.20. The van der Waals surface area contributed by atoms with Crippen LogP contribution in [0.5, 0.6) is 0 Å². The van der Waals surface area contributed by atoms with Gasteiger partial charge in [0.2, 0.25) is 11.8 Å². The molecule has 2 N–H and O–H groups in total. The van der Waals surface area contributed by atoms with E-state index < -0.39 is 11.2 Å². The molecule has 3 rings (SSSR count). The molecular weight excluding hydrogens is 404 g/mol. The Morgan fingerprint density at radius 2 is 1.87 bits per heavy atom.